The third-order valence-electron chi connectivity index (χ3n) is 1.98. The van der Waals surface area contributed by atoms with Crippen LogP contribution in [0.25, 0.3) is 6.08 Å². The molecule has 0 atom stereocenters. The van der Waals surface area contributed by atoms with E-state index in [0.717, 1.165) is 11.1 Å². The SMILES string of the molecule is C=Cc1ccc(C(=O)NC)cc1C. The van der Waals surface area contributed by atoms with Gasteiger partial charge in [0.1, 0.15) is 0 Å². The van der Waals surface area contributed by atoms with Gasteiger partial charge in [0.2, 0.25) is 0 Å². The summed E-state index contributed by atoms with van der Waals surface area (Å²) in [6, 6.07) is 5.55. The Morgan fingerprint density at radius 1 is 1.54 bits per heavy atom. The number of hydrogen-bond acceptors (Lipinski definition) is 1. The lowest BCUT2D eigenvalue weighted by Crippen LogP contribution is -2.17. The van der Waals surface area contributed by atoms with Gasteiger partial charge < -0.3 is 5.32 Å². The Morgan fingerprint density at radius 2 is 2.23 bits per heavy atom. The molecule has 0 bridgehead atoms. The zero-order valence-corrected chi connectivity index (χ0v) is 7.92. The summed E-state index contributed by atoms with van der Waals surface area (Å²) in [5, 5.41) is 2.58. The molecule has 0 aliphatic rings. The lowest BCUT2D eigenvalue weighted by molar-refractivity contribution is 0.0963. The normalized spacial score (nSPS) is 9.38. The van der Waals surface area contributed by atoms with Crippen molar-refractivity contribution >= 4 is 12.0 Å². The Morgan fingerprint density at radius 3 is 2.69 bits per heavy atom. The van der Waals surface area contributed by atoms with Crippen molar-refractivity contribution in [1.82, 2.24) is 5.32 Å². The summed E-state index contributed by atoms with van der Waals surface area (Å²) >= 11 is 0. The molecule has 1 aromatic rings. The van der Waals surface area contributed by atoms with E-state index in [1.165, 1.54) is 0 Å². The van der Waals surface area contributed by atoms with E-state index in [4.69, 9.17) is 0 Å². The molecule has 1 amide bonds. The number of benzene rings is 1. The third-order valence-corrected chi connectivity index (χ3v) is 1.98. The maximum Gasteiger partial charge on any atom is 0.251 e. The van der Waals surface area contributed by atoms with Gasteiger partial charge in [-0.2, -0.15) is 0 Å². The summed E-state index contributed by atoms with van der Waals surface area (Å²) in [5.41, 5.74) is 2.81. The maximum absolute atomic E-state index is 11.2. The van der Waals surface area contributed by atoms with E-state index >= 15 is 0 Å². The molecule has 68 valence electrons. The fourth-order valence-electron chi connectivity index (χ4n) is 1.19. The Hall–Kier alpha value is -1.57. The smallest absolute Gasteiger partial charge is 0.251 e. The van der Waals surface area contributed by atoms with Crippen LogP contribution in [0, 0.1) is 6.92 Å². The molecule has 1 rings (SSSR count). The van der Waals surface area contributed by atoms with Crippen molar-refractivity contribution in [2.45, 2.75) is 6.92 Å². The monoisotopic (exact) mass is 175 g/mol. The highest BCUT2D eigenvalue weighted by Gasteiger charge is 2.03. The van der Waals surface area contributed by atoms with Crippen LogP contribution < -0.4 is 5.32 Å². The van der Waals surface area contributed by atoms with Gasteiger partial charge in [0.05, 0.1) is 0 Å². The molecule has 0 unspecified atom stereocenters. The summed E-state index contributed by atoms with van der Waals surface area (Å²) < 4.78 is 0. The molecule has 0 saturated carbocycles. The average Bonchev–Trinajstić information content (AvgIpc) is 2.16. The highest BCUT2D eigenvalue weighted by molar-refractivity contribution is 5.94. The van der Waals surface area contributed by atoms with Crippen LogP contribution >= 0.6 is 0 Å². The van der Waals surface area contributed by atoms with Crippen LogP contribution in [0.4, 0.5) is 0 Å². The lowest BCUT2D eigenvalue weighted by atomic mass is 10.0. The van der Waals surface area contributed by atoms with Crippen molar-refractivity contribution in [2.24, 2.45) is 0 Å². The van der Waals surface area contributed by atoms with Gasteiger partial charge >= 0.3 is 0 Å². The predicted molar refractivity (Wildman–Crippen MR) is 54.7 cm³/mol. The minimum atomic E-state index is -0.0567. The van der Waals surface area contributed by atoms with Gasteiger partial charge in [-0.25, -0.2) is 0 Å². The van der Waals surface area contributed by atoms with E-state index in [9.17, 15) is 4.79 Å². The highest BCUT2D eigenvalue weighted by Crippen LogP contribution is 2.11. The zero-order valence-electron chi connectivity index (χ0n) is 7.92. The fraction of sp³-hybridized carbons (Fsp3) is 0.182. The highest BCUT2D eigenvalue weighted by atomic mass is 16.1. The van der Waals surface area contributed by atoms with Gasteiger partial charge in [0, 0.05) is 12.6 Å². The van der Waals surface area contributed by atoms with Crippen LogP contribution in [-0.2, 0) is 0 Å². The first kappa shape index (κ1) is 9.52. The Labute approximate surface area is 78.3 Å². The summed E-state index contributed by atoms with van der Waals surface area (Å²) in [4.78, 5) is 11.2. The van der Waals surface area contributed by atoms with Crippen LogP contribution in [0.2, 0.25) is 0 Å². The number of rotatable bonds is 2. The standard InChI is InChI=1S/C11H13NO/c1-4-9-5-6-10(7-8(9)2)11(13)12-3/h4-7H,1H2,2-3H3,(H,12,13). The van der Waals surface area contributed by atoms with E-state index < -0.39 is 0 Å². The molecule has 2 heteroatoms. The predicted octanol–water partition coefficient (Wildman–Crippen LogP) is 2.00. The summed E-state index contributed by atoms with van der Waals surface area (Å²) in [7, 11) is 1.62. The largest absolute Gasteiger partial charge is 0.355 e. The van der Waals surface area contributed by atoms with Crippen molar-refractivity contribution in [3.8, 4) is 0 Å². The molecule has 0 aromatic heterocycles. The minimum absolute atomic E-state index is 0.0567. The second kappa shape index (κ2) is 3.90. The molecule has 1 aromatic carbocycles. The topological polar surface area (TPSA) is 29.1 Å². The van der Waals surface area contributed by atoms with Crippen LogP contribution in [0.3, 0.4) is 0 Å². The first-order chi connectivity index (χ1) is 6.19. The third kappa shape index (κ3) is 1.96. The number of carbonyl (C=O) groups is 1. The van der Waals surface area contributed by atoms with Crippen molar-refractivity contribution < 1.29 is 4.79 Å². The maximum atomic E-state index is 11.2. The van der Waals surface area contributed by atoms with E-state index in [2.05, 4.69) is 11.9 Å². The number of nitrogens with one attached hydrogen (secondary N) is 1. The fourth-order valence-corrected chi connectivity index (χ4v) is 1.19. The summed E-state index contributed by atoms with van der Waals surface area (Å²) in [6.07, 6.45) is 1.78. The molecular formula is C11H13NO. The second-order valence-electron chi connectivity index (χ2n) is 2.85. The zero-order chi connectivity index (χ0) is 9.84. The molecule has 0 aliphatic carbocycles. The quantitative estimate of drug-likeness (QED) is 0.731. The van der Waals surface area contributed by atoms with Crippen molar-refractivity contribution in [3.05, 3.63) is 41.5 Å². The molecule has 0 heterocycles. The first-order valence-corrected chi connectivity index (χ1v) is 4.14. The van der Waals surface area contributed by atoms with E-state index in [0.29, 0.717) is 5.56 Å². The molecule has 2 nitrogen and oxygen atoms in total. The molecular weight excluding hydrogens is 162 g/mol. The van der Waals surface area contributed by atoms with Gasteiger partial charge in [0.15, 0.2) is 0 Å². The molecule has 0 aliphatic heterocycles. The van der Waals surface area contributed by atoms with Gasteiger partial charge in [-0.3, -0.25) is 4.79 Å². The minimum Gasteiger partial charge on any atom is -0.355 e. The Balaban J connectivity index is 3.09. The Kier molecular flexibility index (Phi) is 2.85. The average molecular weight is 175 g/mol. The van der Waals surface area contributed by atoms with E-state index in [1.807, 2.05) is 19.1 Å². The van der Waals surface area contributed by atoms with Gasteiger partial charge in [-0.05, 0) is 30.2 Å². The second-order valence-corrected chi connectivity index (χ2v) is 2.85. The number of amides is 1. The lowest BCUT2D eigenvalue weighted by Gasteiger charge is -2.03. The molecule has 0 spiro atoms. The van der Waals surface area contributed by atoms with Crippen molar-refractivity contribution in [2.75, 3.05) is 7.05 Å². The molecule has 13 heavy (non-hydrogen) atoms. The summed E-state index contributed by atoms with van der Waals surface area (Å²) in [5.74, 6) is -0.0567. The van der Waals surface area contributed by atoms with E-state index in [-0.39, 0.29) is 5.91 Å². The molecule has 1 N–H and O–H groups in total. The van der Waals surface area contributed by atoms with E-state index in [1.54, 1.807) is 19.2 Å². The molecule has 0 saturated heterocycles. The van der Waals surface area contributed by atoms with Crippen LogP contribution in [0.15, 0.2) is 24.8 Å². The number of aryl methyl sites for hydroxylation is 1. The number of carbonyl (C=O) groups excluding carboxylic acids is 1. The summed E-state index contributed by atoms with van der Waals surface area (Å²) in [6.45, 7) is 5.65. The van der Waals surface area contributed by atoms with Crippen molar-refractivity contribution in [1.29, 1.82) is 0 Å². The number of hydrogen-bond donors (Lipinski definition) is 1. The van der Waals surface area contributed by atoms with Crippen LogP contribution in [0.5, 0.6) is 0 Å². The first-order valence-electron chi connectivity index (χ1n) is 4.14. The molecule has 0 radical (unpaired) electrons. The Bertz CT molecular complexity index is 342. The van der Waals surface area contributed by atoms with Gasteiger partial charge in [0.25, 0.3) is 5.91 Å². The molecule has 0 fully saturated rings. The van der Waals surface area contributed by atoms with Crippen molar-refractivity contribution in [3.63, 3.8) is 0 Å². The van der Waals surface area contributed by atoms with Crippen LogP contribution in [0.1, 0.15) is 21.5 Å². The van der Waals surface area contributed by atoms with Crippen LogP contribution in [-0.4, -0.2) is 13.0 Å². The van der Waals surface area contributed by atoms with Gasteiger partial charge in [-0.1, -0.05) is 18.7 Å². The van der Waals surface area contributed by atoms with Gasteiger partial charge in [-0.15, -0.1) is 0 Å².